The number of anilines is 2. The minimum atomic E-state index is -0.118. The molecule has 0 radical (unpaired) electrons. The number of benzene rings is 2. The molecule has 1 aliphatic rings. The molecule has 1 fully saturated rings. The van der Waals surface area contributed by atoms with Gasteiger partial charge in [0.2, 0.25) is 5.95 Å². The molecule has 4 rings (SSSR count). The summed E-state index contributed by atoms with van der Waals surface area (Å²) in [6.45, 7) is 4.66. The zero-order chi connectivity index (χ0) is 22.5. The Hall–Kier alpha value is -3.81. The van der Waals surface area contributed by atoms with Crippen molar-refractivity contribution < 1.29 is 14.3 Å². The van der Waals surface area contributed by atoms with Crippen LogP contribution in [-0.4, -0.2) is 54.1 Å². The minimum Gasteiger partial charge on any atom is -0.493 e. The molecule has 0 atom stereocenters. The topological polar surface area (TPSA) is 93.8 Å². The SMILES string of the molecule is COc1cc(C(=O)N2CCN(c3ncccn3)CC2)c(N)c(C)c1OCc1ccccc1. The normalized spacial score (nSPS) is 13.7. The number of ether oxygens (including phenoxy) is 2. The fourth-order valence-corrected chi connectivity index (χ4v) is 3.76. The van der Waals surface area contributed by atoms with Crippen molar-refractivity contribution in [2.75, 3.05) is 43.9 Å². The van der Waals surface area contributed by atoms with Gasteiger partial charge in [-0.2, -0.15) is 0 Å². The Bertz CT molecular complexity index is 1070. The van der Waals surface area contributed by atoms with Gasteiger partial charge in [-0.3, -0.25) is 4.79 Å². The summed E-state index contributed by atoms with van der Waals surface area (Å²) in [6.07, 6.45) is 3.44. The summed E-state index contributed by atoms with van der Waals surface area (Å²) in [5, 5.41) is 0. The quantitative estimate of drug-likeness (QED) is 0.598. The molecule has 8 nitrogen and oxygen atoms in total. The Balaban J connectivity index is 1.49. The number of carbonyl (C=O) groups is 1. The Labute approximate surface area is 187 Å². The van der Waals surface area contributed by atoms with Crippen LogP contribution in [0.1, 0.15) is 21.5 Å². The van der Waals surface area contributed by atoms with E-state index in [1.165, 1.54) is 0 Å². The van der Waals surface area contributed by atoms with E-state index in [2.05, 4.69) is 14.9 Å². The van der Waals surface area contributed by atoms with Crippen molar-refractivity contribution in [2.24, 2.45) is 0 Å². The van der Waals surface area contributed by atoms with E-state index in [0.29, 0.717) is 67.0 Å². The maximum atomic E-state index is 13.3. The first-order chi connectivity index (χ1) is 15.6. The summed E-state index contributed by atoms with van der Waals surface area (Å²) in [5.74, 6) is 1.60. The first-order valence-electron chi connectivity index (χ1n) is 10.5. The number of nitrogens with zero attached hydrogens (tertiary/aromatic N) is 4. The van der Waals surface area contributed by atoms with Crippen LogP contribution < -0.4 is 20.1 Å². The molecule has 32 heavy (non-hydrogen) atoms. The summed E-state index contributed by atoms with van der Waals surface area (Å²) in [6, 6.07) is 13.3. The predicted molar refractivity (Wildman–Crippen MR) is 123 cm³/mol. The molecule has 3 aromatic rings. The van der Waals surface area contributed by atoms with Gasteiger partial charge >= 0.3 is 0 Å². The molecule has 1 aromatic heterocycles. The average molecular weight is 434 g/mol. The van der Waals surface area contributed by atoms with Gasteiger partial charge in [-0.25, -0.2) is 9.97 Å². The first-order valence-corrected chi connectivity index (χ1v) is 10.5. The Kier molecular flexibility index (Phi) is 6.39. The molecule has 0 saturated carbocycles. The monoisotopic (exact) mass is 433 g/mol. The highest BCUT2D eigenvalue weighted by atomic mass is 16.5. The maximum absolute atomic E-state index is 13.3. The van der Waals surface area contributed by atoms with Gasteiger partial charge in [0.05, 0.1) is 18.4 Å². The molecule has 2 N–H and O–H groups in total. The maximum Gasteiger partial charge on any atom is 0.256 e. The molecule has 1 saturated heterocycles. The van der Waals surface area contributed by atoms with E-state index in [-0.39, 0.29) is 5.91 Å². The van der Waals surface area contributed by atoms with Gasteiger partial charge in [-0.05, 0) is 24.6 Å². The van der Waals surface area contributed by atoms with Crippen molar-refractivity contribution in [1.82, 2.24) is 14.9 Å². The van der Waals surface area contributed by atoms with Crippen LogP contribution in [0.4, 0.5) is 11.6 Å². The largest absolute Gasteiger partial charge is 0.493 e. The van der Waals surface area contributed by atoms with Gasteiger partial charge in [-0.15, -0.1) is 0 Å². The smallest absolute Gasteiger partial charge is 0.256 e. The summed E-state index contributed by atoms with van der Waals surface area (Å²) >= 11 is 0. The van der Waals surface area contributed by atoms with Crippen LogP contribution in [-0.2, 0) is 6.61 Å². The zero-order valence-electron chi connectivity index (χ0n) is 18.3. The fourth-order valence-electron chi connectivity index (χ4n) is 3.76. The number of rotatable bonds is 6. The van der Waals surface area contributed by atoms with E-state index >= 15 is 0 Å². The van der Waals surface area contributed by atoms with Crippen LogP contribution in [0.2, 0.25) is 0 Å². The lowest BCUT2D eigenvalue weighted by Crippen LogP contribution is -2.49. The van der Waals surface area contributed by atoms with E-state index in [1.807, 2.05) is 37.3 Å². The molecule has 8 heteroatoms. The van der Waals surface area contributed by atoms with Crippen molar-refractivity contribution in [2.45, 2.75) is 13.5 Å². The van der Waals surface area contributed by atoms with Gasteiger partial charge < -0.3 is 25.0 Å². The number of aromatic nitrogens is 2. The van der Waals surface area contributed by atoms with Crippen molar-refractivity contribution in [3.05, 3.63) is 71.5 Å². The van der Waals surface area contributed by atoms with E-state index in [0.717, 1.165) is 5.56 Å². The number of piperazine rings is 1. The number of nitrogens with two attached hydrogens (primary N) is 1. The number of methoxy groups -OCH3 is 1. The van der Waals surface area contributed by atoms with Crippen molar-refractivity contribution in [3.8, 4) is 11.5 Å². The van der Waals surface area contributed by atoms with E-state index < -0.39 is 0 Å². The fraction of sp³-hybridized carbons (Fsp3) is 0.292. The van der Waals surface area contributed by atoms with Crippen LogP contribution in [0.5, 0.6) is 11.5 Å². The summed E-state index contributed by atoms with van der Waals surface area (Å²) in [4.78, 5) is 25.7. The van der Waals surface area contributed by atoms with Crippen molar-refractivity contribution in [3.63, 3.8) is 0 Å². The second-order valence-electron chi connectivity index (χ2n) is 7.60. The first kappa shape index (κ1) is 21.4. The molecule has 2 aromatic carbocycles. The predicted octanol–water partition coefficient (Wildman–Crippen LogP) is 2.92. The lowest BCUT2D eigenvalue weighted by atomic mass is 10.0. The summed E-state index contributed by atoms with van der Waals surface area (Å²) in [5.41, 5.74) is 8.95. The summed E-state index contributed by atoms with van der Waals surface area (Å²) in [7, 11) is 1.56. The second kappa shape index (κ2) is 9.55. The van der Waals surface area contributed by atoms with Gasteiger partial charge in [0, 0.05) is 44.1 Å². The Morgan fingerprint density at radius 1 is 1.06 bits per heavy atom. The third kappa shape index (κ3) is 4.44. The number of hydrogen-bond acceptors (Lipinski definition) is 7. The highest BCUT2D eigenvalue weighted by Gasteiger charge is 2.27. The highest BCUT2D eigenvalue weighted by Crippen LogP contribution is 2.38. The van der Waals surface area contributed by atoms with E-state index in [9.17, 15) is 4.79 Å². The van der Waals surface area contributed by atoms with Gasteiger partial charge in [0.15, 0.2) is 11.5 Å². The van der Waals surface area contributed by atoms with E-state index in [4.69, 9.17) is 15.2 Å². The second-order valence-corrected chi connectivity index (χ2v) is 7.60. The number of carbonyl (C=O) groups excluding carboxylic acids is 1. The molecule has 0 bridgehead atoms. The number of nitrogen functional groups attached to an aromatic ring is 1. The van der Waals surface area contributed by atoms with E-state index in [1.54, 1.807) is 36.5 Å². The molecule has 166 valence electrons. The van der Waals surface area contributed by atoms with Crippen LogP contribution in [0, 0.1) is 6.92 Å². The molecule has 0 aliphatic carbocycles. The lowest BCUT2D eigenvalue weighted by Gasteiger charge is -2.35. The minimum absolute atomic E-state index is 0.118. The summed E-state index contributed by atoms with van der Waals surface area (Å²) < 4.78 is 11.6. The Morgan fingerprint density at radius 3 is 2.41 bits per heavy atom. The number of hydrogen-bond donors (Lipinski definition) is 1. The number of amides is 1. The van der Waals surface area contributed by atoms with Gasteiger partial charge in [0.1, 0.15) is 6.61 Å². The third-order valence-electron chi connectivity index (χ3n) is 5.61. The van der Waals surface area contributed by atoms with Crippen LogP contribution in [0.15, 0.2) is 54.9 Å². The highest BCUT2D eigenvalue weighted by molar-refractivity contribution is 6.01. The third-order valence-corrected chi connectivity index (χ3v) is 5.61. The van der Waals surface area contributed by atoms with Crippen LogP contribution in [0.3, 0.4) is 0 Å². The van der Waals surface area contributed by atoms with Gasteiger partial charge in [0.25, 0.3) is 5.91 Å². The molecular formula is C24H27N5O3. The standard InChI is InChI=1S/C24H27N5O3/c1-17-21(25)19(15-20(31-2)22(17)32-16-18-7-4-3-5-8-18)23(30)28-11-13-29(14-12-28)24-26-9-6-10-27-24/h3-10,15H,11-14,16,25H2,1-2H3. The Morgan fingerprint density at radius 2 is 1.75 bits per heavy atom. The lowest BCUT2D eigenvalue weighted by molar-refractivity contribution is 0.0746. The zero-order valence-corrected chi connectivity index (χ0v) is 18.3. The van der Waals surface area contributed by atoms with Crippen molar-refractivity contribution >= 4 is 17.5 Å². The van der Waals surface area contributed by atoms with Crippen LogP contribution >= 0.6 is 0 Å². The molecule has 0 spiro atoms. The average Bonchev–Trinajstić information content (AvgIpc) is 2.85. The molecule has 0 unspecified atom stereocenters. The van der Waals surface area contributed by atoms with Gasteiger partial charge in [-0.1, -0.05) is 30.3 Å². The van der Waals surface area contributed by atoms with Crippen molar-refractivity contribution in [1.29, 1.82) is 0 Å². The molecular weight excluding hydrogens is 406 g/mol. The molecule has 1 aliphatic heterocycles. The molecule has 2 heterocycles. The molecule has 1 amide bonds. The van der Waals surface area contributed by atoms with Crippen LogP contribution in [0.25, 0.3) is 0 Å².